The van der Waals surface area contributed by atoms with Crippen LogP contribution in [0, 0.1) is 0 Å². The topological polar surface area (TPSA) is 0 Å². The van der Waals surface area contributed by atoms with Crippen LogP contribution >= 0.6 is 0 Å². The van der Waals surface area contributed by atoms with Crippen molar-refractivity contribution in [2.75, 3.05) is 0 Å². The van der Waals surface area contributed by atoms with E-state index in [9.17, 15) is 0 Å². The lowest BCUT2D eigenvalue weighted by molar-refractivity contribution is 0.443. The van der Waals surface area contributed by atoms with Crippen LogP contribution in [0.1, 0.15) is 77.3 Å². The smallest absolute Gasteiger partial charge is 0.0162 e. The fourth-order valence-corrected chi connectivity index (χ4v) is 2.46. The average Bonchev–Trinajstić information content (AvgIpc) is 2.42. The highest BCUT2D eigenvalue weighted by Crippen LogP contribution is 2.32. The van der Waals surface area contributed by atoms with E-state index in [1.54, 1.807) is 5.56 Å². The maximum Gasteiger partial charge on any atom is -0.0162 e. The van der Waals surface area contributed by atoms with E-state index in [0.717, 1.165) is 12.3 Å². The third-order valence-electron chi connectivity index (χ3n) is 3.46. The van der Waals surface area contributed by atoms with Gasteiger partial charge in [-0.2, -0.15) is 0 Å². The first-order chi connectivity index (χ1) is 7.90. The van der Waals surface area contributed by atoms with Crippen LogP contribution in [-0.2, 0) is 6.42 Å². The zero-order valence-electron chi connectivity index (χ0n) is 11.1. The minimum Gasteiger partial charge on any atom is -0.0776 e. The highest BCUT2D eigenvalue weighted by atomic mass is 14.2. The van der Waals surface area contributed by atoms with E-state index in [0.29, 0.717) is 0 Å². The minimum atomic E-state index is 0. The molecule has 2 rings (SSSR count). The molecule has 0 amide bonds. The molecular formula is C17H30. The molecule has 98 valence electrons. The Morgan fingerprint density at radius 2 is 1.47 bits per heavy atom. The highest BCUT2D eigenvalue weighted by Gasteiger charge is 2.14. The third kappa shape index (κ3) is 4.93. The molecule has 1 aromatic carbocycles. The second-order valence-corrected chi connectivity index (χ2v) is 4.43. The Morgan fingerprint density at radius 3 is 1.94 bits per heavy atom. The number of hydrogen-bond donors (Lipinski definition) is 0. The van der Waals surface area contributed by atoms with Gasteiger partial charge in [0.2, 0.25) is 0 Å². The van der Waals surface area contributed by atoms with Crippen LogP contribution in [0.3, 0.4) is 0 Å². The van der Waals surface area contributed by atoms with Gasteiger partial charge in [0.15, 0.2) is 0 Å². The van der Waals surface area contributed by atoms with Crippen LogP contribution in [-0.4, -0.2) is 0 Å². The summed E-state index contributed by atoms with van der Waals surface area (Å²) in [5.41, 5.74) is 3.03. The second-order valence-electron chi connectivity index (χ2n) is 4.43. The molecule has 0 aromatic heterocycles. The van der Waals surface area contributed by atoms with Gasteiger partial charge in [0.05, 0.1) is 0 Å². The van der Waals surface area contributed by atoms with Crippen molar-refractivity contribution in [1.82, 2.24) is 0 Å². The van der Waals surface area contributed by atoms with E-state index in [-0.39, 0.29) is 7.43 Å². The zero-order valence-corrected chi connectivity index (χ0v) is 11.1. The van der Waals surface area contributed by atoms with Gasteiger partial charge in [0.1, 0.15) is 0 Å². The Morgan fingerprint density at radius 1 is 0.941 bits per heavy atom. The SMILES string of the molecule is C.CC.CCc1ccc(C2CCCCC2)cc1. The minimum absolute atomic E-state index is 0. The molecule has 0 spiro atoms. The van der Waals surface area contributed by atoms with E-state index >= 15 is 0 Å². The summed E-state index contributed by atoms with van der Waals surface area (Å²) in [4.78, 5) is 0. The Bertz CT molecular complexity index is 265. The molecular weight excluding hydrogens is 204 g/mol. The Labute approximate surface area is 108 Å². The van der Waals surface area contributed by atoms with Gasteiger partial charge in [0, 0.05) is 0 Å². The molecule has 0 nitrogen and oxygen atoms in total. The Balaban J connectivity index is 0.000000811. The van der Waals surface area contributed by atoms with E-state index in [2.05, 4.69) is 31.2 Å². The summed E-state index contributed by atoms with van der Waals surface area (Å²) in [5, 5.41) is 0. The molecule has 0 bridgehead atoms. The van der Waals surface area contributed by atoms with E-state index in [1.165, 1.54) is 37.7 Å². The predicted molar refractivity (Wildman–Crippen MR) is 79.7 cm³/mol. The summed E-state index contributed by atoms with van der Waals surface area (Å²) in [5.74, 6) is 0.856. The molecule has 1 fully saturated rings. The first kappa shape index (κ1) is 16.2. The van der Waals surface area contributed by atoms with Gasteiger partial charge in [0.25, 0.3) is 0 Å². The van der Waals surface area contributed by atoms with Crippen LogP contribution in [0.2, 0.25) is 0 Å². The molecule has 0 atom stereocenters. The zero-order chi connectivity index (χ0) is 11.8. The van der Waals surface area contributed by atoms with Gasteiger partial charge < -0.3 is 0 Å². The molecule has 1 aliphatic rings. The second kappa shape index (κ2) is 9.27. The maximum atomic E-state index is 2.34. The van der Waals surface area contributed by atoms with Crippen molar-refractivity contribution in [1.29, 1.82) is 0 Å². The summed E-state index contributed by atoms with van der Waals surface area (Å²) < 4.78 is 0. The van der Waals surface area contributed by atoms with Crippen molar-refractivity contribution >= 4 is 0 Å². The van der Waals surface area contributed by atoms with Crippen LogP contribution in [0.15, 0.2) is 24.3 Å². The molecule has 1 saturated carbocycles. The number of benzene rings is 1. The lowest BCUT2D eigenvalue weighted by Crippen LogP contribution is -2.04. The van der Waals surface area contributed by atoms with Crippen LogP contribution in [0.25, 0.3) is 0 Å². The largest absolute Gasteiger partial charge is 0.0776 e. The lowest BCUT2D eigenvalue weighted by Gasteiger charge is -2.22. The summed E-state index contributed by atoms with van der Waals surface area (Å²) in [7, 11) is 0. The van der Waals surface area contributed by atoms with Gasteiger partial charge in [-0.05, 0) is 36.3 Å². The Kier molecular flexibility index (Phi) is 8.85. The molecule has 0 heteroatoms. The average molecular weight is 234 g/mol. The predicted octanol–water partition coefficient (Wildman–Crippen LogP) is 5.96. The summed E-state index contributed by atoms with van der Waals surface area (Å²) >= 11 is 0. The van der Waals surface area contributed by atoms with Crippen LogP contribution in [0.4, 0.5) is 0 Å². The van der Waals surface area contributed by atoms with Gasteiger partial charge in [-0.3, -0.25) is 0 Å². The molecule has 1 aliphatic carbocycles. The molecule has 0 unspecified atom stereocenters. The highest BCUT2D eigenvalue weighted by molar-refractivity contribution is 5.25. The van der Waals surface area contributed by atoms with Crippen molar-refractivity contribution < 1.29 is 0 Å². The Hall–Kier alpha value is -0.780. The summed E-state index contributed by atoms with van der Waals surface area (Å²) in [6, 6.07) is 9.28. The van der Waals surface area contributed by atoms with Gasteiger partial charge >= 0.3 is 0 Å². The maximum absolute atomic E-state index is 2.34. The van der Waals surface area contributed by atoms with Gasteiger partial charge in [-0.25, -0.2) is 0 Å². The van der Waals surface area contributed by atoms with Gasteiger partial charge in [-0.1, -0.05) is 71.7 Å². The fraction of sp³-hybridized carbons (Fsp3) is 0.647. The molecule has 0 aliphatic heterocycles. The standard InChI is InChI=1S/C14H20.C2H6.CH4/c1-2-12-8-10-14(11-9-12)13-6-4-3-5-7-13;1-2;/h8-11,13H,2-7H2,1H3;1-2H3;1H4. The molecule has 0 heterocycles. The number of aryl methyl sites for hydroxylation is 1. The van der Waals surface area contributed by atoms with Crippen molar-refractivity contribution in [3.63, 3.8) is 0 Å². The monoisotopic (exact) mass is 234 g/mol. The van der Waals surface area contributed by atoms with Gasteiger partial charge in [-0.15, -0.1) is 0 Å². The number of hydrogen-bond acceptors (Lipinski definition) is 0. The van der Waals surface area contributed by atoms with Crippen LogP contribution in [0.5, 0.6) is 0 Å². The quantitative estimate of drug-likeness (QED) is 0.592. The van der Waals surface area contributed by atoms with E-state index < -0.39 is 0 Å². The van der Waals surface area contributed by atoms with Crippen molar-refractivity contribution in [2.45, 2.75) is 72.6 Å². The molecule has 0 saturated heterocycles. The molecule has 17 heavy (non-hydrogen) atoms. The summed E-state index contributed by atoms with van der Waals surface area (Å²) in [6.07, 6.45) is 8.28. The summed E-state index contributed by atoms with van der Waals surface area (Å²) in [6.45, 7) is 6.22. The normalized spacial score (nSPS) is 15.5. The molecule has 1 aromatic rings. The first-order valence-corrected chi connectivity index (χ1v) is 6.99. The van der Waals surface area contributed by atoms with E-state index in [4.69, 9.17) is 0 Å². The first-order valence-electron chi connectivity index (χ1n) is 6.99. The molecule has 0 N–H and O–H groups in total. The van der Waals surface area contributed by atoms with Crippen molar-refractivity contribution in [3.8, 4) is 0 Å². The van der Waals surface area contributed by atoms with E-state index in [1.807, 2.05) is 13.8 Å². The van der Waals surface area contributed by atoms with Crippen LogP contribution < -0.4 is 0 Å². The third-order valence-corrected chi connectivity index (χ3v) is 3.46. The lowest BCUT2D eigenvalue weighted by atomic mass is 9.84. The molecule has 0 radical (unpaired) electrons. The fourth-order valence-electron chi connectivity index (χ4n) is 2.46. The number of rotatable bonds is 2. The van der Waals surface area contributed by atoms with Crippen molar-refractivity contribution in [3.05, 3.63) is 35.4 Å². The van der Waals surface area contributed by atoms with Crippen molar-refractivity contribution in [2.24, 2.45) is 0 Å².